The Balaban J connectivity index is 1.90. The third-order valence-corrected chi connectivity index (χ3v) is 4.84. The van der Waals surface area contributed by atoms with E-state index in [2.05, 4.69) is 70.2 Å². The number of rotatable bonds is 6. The lowest BCUT2D eigenvalue weighted by molar-refractivity contribution is 0.285. The largest absolute Gasteiger partial charge is 0.353 e. The molecule has 0 unspecified atom stereocenters. The molecule has 0 spiro atoms. The standard InChI is InChI=1S/C18H25N5S/c1-21(2)11-7-13-23-17(15-9-6-12-22(15)3)16(20-18(23)24)14-8-4-5-10-19-14/h4-6,8-10,12,16-17H,7,11,13H2,1-3H3,(H,20,24)/t16-,17-/m0/s1. The quantitative estimate of drug-likeness (QED) is 0.815. The van der Waals surface area contributed by atoms with Gasteiger partial charge in [-0.1, -0.05) is 6.07 Å². The van der Waals surface area contributed by atoms with Gasteiger partial charge < -0.3 is 19.7 Å². The normalized spacial score (nSPS) is 20.7. The Morgan fingerprint density at radius 3 is 2.71 bits per heavy atom. The van der Waals surface area contributed by atoms with Gasteiger partial charge >= 0.3 is 0 Å². The van der Waals surface area contributed by atoms with Gasteiger partial charge in [-0.2, -0.15) is 0 Å². The first-order valence-electron chi connectivity index (χ1n) is 8.32. The molecule has 0 aromatic carbocycles. The van der Waals surface area contributed by atoms with Crippen LogP contribution in [0.15, 0.2) is 42.7 Å². The minimum Gasteiger partial charge on any atom is -0.353 e. The summed E-state index contributed by atoms with van der Waals surface area (Å²) >= 11 is 5.66. The number of hydrogen-bond donors (Lipinski definition) is 1. The molecule has 0 bridgehead atoms. The summed E-state index contributed by atoms with van der Waals surface area (Å²) in [4.78, 5) is 9.08. The molecular formula is C18H25N5S. The van der Waals surface area contributed by atoms with E-state index in [1.54, 1.807) is 0 Å². The fourth-order valence-electron chi connectivity index (χ4n) is 3.31. The van der Waals surface area contributed by atoms with Crippen molar-refractivity contribution in [3.63, 3.8) is 0 Å². The molecule has 0 radical (unpaired) electrons. The Kier molecular flexibility index (Phi) is 5.16. The third kappa shape index (κ3) is 3.44. The van der Waals surface area contributed by atoms with Gasteiger partial charge in [0.05, 0.1) is 17.8 Å². The molecule has 2 atom stereocenters. The van der Waals surface area contributed by atoms with E-state index in [1.807, 2.05) is 18.3 Å². The Morgan fingerprint density at radius 2 is 2.08 bits per heavy atom. The summed E-state index contributed by atoms with van der Waals surface area (Å²) in [5, 5.41) is 4.31. The predicted molar refractivity (Wildman–Crippen MR) is 101 cm³/mol. The third-order valence-electron chi connectivity index (χ3n) is 4.49. The molecule has 1 aliphatic heterocycles. The molecule has 1 N–H and O–H groups in total. The van der Waals surface area contributed by atoms with Crippen LogP contribution in [0.2, 0.25) is 0 Å². The molecule has 128 valence electrons. The van der Waals surface area contributed by atoms with Crippen molar-refractivity contribution in [2.24, 2.45) is 7.05 Å². The fraction of sp³-hybridized carbons (Fsp3) is 0.444. The molecule has 1 aliphatic rings. The summed E-state index contributed by atoms with van der Waals surface area (Å²) in [7, 11) is 6.29. The van der Waals surface area contributed by atoms with Crippen LogP contribution in [0.4, 0.5) is 0 Å². The van der Waals surface area contributed by atoms with Gasteiger partial charge in [-0.25, -0.2) is 0 Å². The van der Waals surface area contributed by atoms with Crippen molar-refractivity contribution in [1.29, 1.82) is 0 Å². The maximum atomic E-state index is 5.66. The minimum absolute atomic E-state index is 0.0756. The number of nitrogens with zero attached hydrogens (tertiary/aromatic N) is 4. The summed E-state index contributed by atoms with van der Waals surface area (Å²) in [6.07, 6.45) is 5.01. The van der Waals surface area contributed by atoms with Crippen molar-refractivity contribution >= 4 is 17.3 Å². The number of thiocarbonyl (C=S) groups is 1. The maximum absolute atomic E-state index is 5.66. The number of aromatic nitrogens is 2. The lowest BCUT2D eigenvalue weighted by Crippen LogP contribution is -2.32. The van der Waals surface area contributed by atoms with Crippen molar-refractivity contribution in [3.8, 4) is 0 Å². The van der Waals surface area contributed by atoms with Crippen molar-refractivity contribution in [2.75, 3.05) is 27.2 Å². The SMILES string of the molecule is CN(C)CCCN1C(=S)N[C@@H](c2ccccn2)[C@@H]1c1cccn1C. The average molecular weight is 344 g/mol. The van der Waals surface area contributed by atoms with Gasteiger partial charge in [0.15, 0.2) is 5.11 Å². The topological polar surface area (TPSA) is 36.3 Å². The molecule has 0 aliphatic carbocycles. The highest BCUT2D eigenvalue weighted by molar-refractivity contribution is 7.80. The Morgan fingerprint density at radius 1 is 1.25 bits per heavy atom. The van der Waals surface area contributed by atoms with Gasteiger partial charge in [-0.15, -0.1) is 0 Å². The Bertz CT molecular complexity index is 682. The Labute approximate surface area is 149 Å². The molecule has 3 rings (SSSR count). The summed E-state index contributed by atoms with van der Waals surface area (Å²) in [5.41, 5.74) is 2.28. The first-order valence-corrected chi connectivity index (χ1v) is 8.73. The van der Waals surface area contributed by atoms with Crippen LogP contribution in [-0.4, -0.2) is 51.6 Å². The van der Waals surface area contributed by atoms with Crippen LogP contribution >= 0.6 is 12.2 Å². The van der Waals surface area contributed by atoms with Gasteiger partial charge in [0.1, 0.15) is 0 Å². The molecule has 2 aromatic rings. The molecule has 2 aromatic heterocycles. The van der Waals surface area contributed by atoms with Gasteiger partial charge in [0.2, 0.25) is 0 Å². The second kappa shape index (κ2) is 7.32. The molecule has 1 fully saturated rings. The number of nitrogens with one attached hydrogen (secondary N) is 1. The second-order valence-electron chi connectivity index (χ2n) is 6.52. The minimum atomic E-state index is 0.0756. The monoisotopic (exact) mass is 343 g/mol. The van der Waals surface area contributed by atoms with Crippen LogP contribution in [-0.2, 0) is 7.05 Å². The highest BCUT2D eigenvalue weighted by Crippen LogP contribution is 2.38. The molecular weight excluding hydrogens is 318 g/mol. The maximum Gasteiger partial charge on any atom is 0.170 e. The molecule has 3 heterocycles. The summed E-state index contributed by atoms with van der Waals surface area (Å²) in [5.74, 6) is 0. The zero-order chi connectivity index (χ0) is 17.1. The molecule has 24 heavy (non-hydrogen) atoms. The molecule has 0 amide bonds. The Hall–Kier alpha value is -1.92. The van der Waals surface area contributed by atoms with Crippen LogP contribution in [0.3, 0.4) is 0 Å². The molecule has 1 saturated heterocycles. The highest BCUT2D eigenvalue weighted by atomic mass is 32.1. The van der Waals surface area contributed by atoms with Gasteiger partial charge in [0, 0.05) is 31.7 Å². The lowest BCUT2D eigenvalue weighted by Gasteiger charge is -2.28. The van der Waals surface area contributed by atoms with E-state index in [-0.39, 0.29) is 12.1 Å². The molecule has 5 nitrogen and oxygen atoms in total. The predicted octanol–water partition coefficient (Wildman–Crippen LogP) is 2.34. The number of pyridine rings is 1. The lowest BCUT2D eigenvalue weighted by atomic mass is 10.0. The van der Waals surface area contributed by atoms with Crippen LogP contribution in [0.25, 0.3) is 0 Å². The average Bonchev–Trinajstić information content (AvgIpc) is 3.11. The molecule has 6 heteroatoms. The van der Waals surface area contributed by atoms with Crippen LogP contribution in [0, 0.1) is 0 Å². The van der Waals surface area contributed by atoms with Crippen LogP contribution in [0.1, 0.15) is 29.9 Å². The van der Waals surface area contributed by atoms with E-state index in [4.69, 9.17) is 12.2 Å². The smallest absolute Gasteiger partial charge is 0.170 e. The zero-order valence-corrected chi connectivity index (χ0v) is 15.3. The van der Waals surface area contributed by atoms with Crippen molar-refractivity contribution < 1.29 is 0 Å². The summed E-state index contributed by atoms with van der Waals surface area (Å²) in [6.45, 7) is 1.98. The van der Waals surface area contributed by atoms with Crippen LogP contribution in [0.5, 0.6) is 0 Å². The van der Waals surface area contributed by atoms with Gasteiger partial charge in [-0.05, 0) is 63.5 Å². The van der Waals surface area contributed by atoms with E-state index < -0.39 is 0 Å². The van der Waals surface area contributed by atoms with E-state index >= 15 is 0 Å². The van der Waals surface area contributed by atoms with Crippen LogP contribution < -0.4 is 5.32 Å². The fourth-order valence-corrected chi connectivity index (χ4v) is 3.64. The van der Waals surface area contributed by atoms with Gasteiger partial charge in [0.25, 0.3) is 0 Å². The summed E-state index contributed by atoms with van der Waals surface area (Å²) < 4.78 is 2.18. The van der Waals surface area contributed by atoms with E-state index in [9.17, 15) is 0 Å². The van der Waals surface area contributed by atoms with E-state index in [0.29, 0.717) is 0 Å². The van der Waals surface area contributed by atoms with E-state index in [1.165, 1.54) is 5.69 Å². The summed E-state index contributed by atoms with van der Waals surface area (Å²) in [6, 6.07) is 10.5. The second-order valence-corrected chi connectivity index (χ2v) is 6.91. The van der Waals surface area contributed by atoms with E-state index in [0.717, 1.165) is 30.3 Å². The molecule has 0 saturated carbocycles. The first-order chi connectivity index (χ1) is 11.6. The number of hydrogen-bond acceptors (Lipinski definition) is 3. The van der Waals surface area contributed by atoms with Crippen molar-refractivity contribution in [1.82, 2.24) is 24.7 Å². The van der Waals surface area contributed by atoms with Crippen molar-refractivity contribution in [2.45, 2.75) is 18.5 Å². The first kappa shape index (κ1) is 16.9. The highest BCUT2D eigenvalue weighted by Gasteiger charge is 2.40. The zero-order valence-electron chi connectivity index (χ0n) is 14.5. The van der Waals surface area contributed by atoms with Gasteiger partial charge in [-0.3, -0.25) is 4.98 Å². The number of aryl methyl sites for hydroxylation is 1. The van der Waals surface area contributed by atoms with Crippen molar-refractivity contribution in [3.05, 3.63) is 54.1 Å².